The minimum atomic E-state index is 0.105. The largest absolute Gasteiger partial charge is 0.493 e. The van der Waals surface area contributed by atoms with Gasteiger partial charge in [0.05, 0.1) is 15.9 Å². The number of benzene rings is 2. The lowest BCUT2D eigenvalue weighted by Gasteiger charge is -2.15. The van der Waals surface area contributed by atoms with Crippen LogP contribution in [0.1, 0.15) is 28.4 Å². The molecule has 2 aromatic carbocycles. The van der Waals surface area contributed by atoms with E-state index in [-0.39, 0.29) is 4.83 Å². The van der Waals surface area contributed by atoms with Gasteiger partial charge in [-0.25, -0.2) is 0 Å². The maximum atomic E-state index is 6.10. The molecule has 0 bridgehead atoms. The average Bonchev–Trinajstić information content (AvgIpc) is 2.43. The molecule has 0 aliphatic rings. The molecule has 0 spiro atoms. The molecule has 0 radical (unpaired) electrons. The molecule has 0 N–H and O–H groups in total. The first-order valence-electron chi connectivity index (χ1n) is 6.35. The molecule has 0 heterocycles. The van der Waals surface area contributed by atoms with Crippen molar-refractivity contribution in [3.8, 4) is 5.75 Å². The Morgan fingerprint density at radius 3 is 2.60 bits per heavy atom. The molecule has 20 heavy (non-hydrogen) atoms. The Labute approximate surface area is 141 Å². The second kappa shape index (κ2) is 6.97. The fourth-order valence-corrected chi connectivity index (χ4v) is 3.48. The summed E-state index contributed by atoms with van der Waals surface area (Å²) < 4.78 is 6.50. The van der Waals surface area contributed by atoms with Gasteiger partial charge in [-0.3, -0.25) is 0 Å². The van der Waals surface area contributed by atoms with E-state index >= 15 is 0 Å². The standard InChI is InChI=1S/C16H15Br2ClO/c1-3-20-15-7-5-11(8-14(15)17)16(18)13-9-12(19)6-4-10(13)2/h4-9,16H,3H2,1-2H3. The summed E-state index contributed by atoms with van der Waals surface area (Å²) in [5.74, 6) is 0.860. The molecule has 1 unspecified atom stereocenters. The van der Waals surface area contributed by atoms with Crippen molar-refractivity contribution in [3.05, 3.63) is 62.6 Å². The minimum Gasteiger partial charge on any atom is -0.493 e. The van der Waals surface area contributed by atoms with Crippen molar-refractivity contribution in [2.75, 3.05) is 6.61 Å². The van der Waals surface area contributed by atoms with Crippen LogP contribution in [0.3, 0.4) is 0 Å². The second-order valence-corrected chi connectivity index (χ2v) is 6.69. The molecule has 1 atom stereocenters. The molecular weight excluding hydrogens is 403 g/mol. The number of aryl methyl sites for hydroxylation is 1. The summed E-state index contributed by atoms with van der Waals surface area (Å²) in [5.41, 5.74) is 3.54. The number of ether oxygens (including phenoxy) is 1. The molecule has 106 valence electrons. The monoisotopic (exact) mass is 416 g/mol. The van der Waals surface area contributed by atoms with Crippen molar-refractivity contribution in [2.24, 2.45) is 0 Å². The SMILES string of the molecule is CCOc1ccc(C(Br)c2cc(Cl)ccc2C)cc1Br. The molecule has 0 saturated carbocycles. The van der Waals surface area contributed by atoms with E-state index < -0.39 is 0 Å². The lowest BCUT2D eigenvalue weighted by molar-refractivity contribution is 0.338. The molecule has 1 nitrogen and oxygen atoms in total. The highest BCUT2D eigenvalue weighted by Crippen LogP contribution is 2.37. The van der Waals surface area contributed by atoms with Crippen LogP contribution in [-0.2, 0) is 0 Å². The smallest absolute Gasteiger partial charge is 0.133 e. The summed E-state index contributed by atoms with van der Waals surface area (Å²) >= 11 is 13.4. The average molecular weight is 419 g/mol. The van der Waals surface area contributed by atoms with Crippen molar-refractivity contribution in [3.63, 3.8) is 0 Å². The van der Waals surface area contributed by atoms with Gasteiger partial charge >= 0.3 is 0 Å². The summed E-state index contributed by atoms with van der Waals surface area (Å²) in [5, 5.41) is 0.750. The van der Waals surface area contributed by atoms with Crippen LogP contribution in [0.5, 0.6) is 5.75 Å². The first-order chi connectivity index (χ1) is 9.52. The Morgan fingerprint density at radius 2 is 1.95 bits per heavy atom. The van der Waals surface area contributed by atoms with Crippen molar-refractivity contribution < 1.29 is 4.74 Å². The molecule has 0 amide bonds. The summed E-state index contributed by atoms with van der Waals surface area (Å²) in [4.78, 5) is 0.105. The van der Waals surface area contributed by atoms with Gasteiger partial charge in [0.1, 0.15) is 5.75 Å². The first kappa shape index (κ1) is 15.9. The number of hydrogen-bond acceptors (Lipinski definition) is 1. The van der Waals surface area contributed by atoms with Crippen LogP contribution in [-0.4, -0.2) is 6.61 Å². The van der Waals surface area contributed by atoms with E-state index in [1.807, 2.05) is 31.2 Å². The highest BCUT2D eigenvalue weighted by atomic mass is 79.9. The molecule has 0 aliphatic heterocycles. The van der Waals surface area contributed by atoms with Gasteiger partial charge in [0.2, 0.25) is 0 Å². The predicted molar refractivity (Wildman–Crippen MR) is 92.3 cm³/mol. The van der Waals surface area contributed by atoms with Gasteiger partial charge in [-0.2, -0.15) is 0 Å². The zero-order valence-corrected chi connectivity index (χ0v) is 15.2. The van der Waals surface area contributed by atoms with Crippen LogP contribution in [0.25, 0.3) is 0 Å². The Bertz CT molecular complexity index is 613. The van der Waals surface area contributed by atoms with E-state index in [4.69, 9.17) is 16.3 Å². The first-order valence-corrected chi connectivity index (χ1v) is 8.44. The molecule has 2 aromatic rings. The Balaban J connectivity index is 2.35. The van der Waals surface area contributed by atoms with Gasteiger partial charge in [0.15, 0.2) is 0 Å². The van der Waals surface area contributed by atoms with Crippen LogP contribution >= 0.6 is 43.5 Å². The summed E-state index contributed by atoms with van der Waals surface area (Å²) in [6.45, 7) is 4.72. The molecular formula is C16H15Br2ClO. The van der Waals surface area contributed by atoms with Crippen molar-refractivity contribution in [1.29, 1.82) is 0 Å². The summed E-state index contributed by atoms with van der Waals surface area (Å²) in [7, 11) is 0. The Kier molecular flexibility index (Phi) is 5.53. The zero-order valence-electron chi connectivity index (χ0n) is 11.3. The van der Waals surface area contributed by atoms with Gasteiger partial charge in [0, 0.05) is 5.02 Å². The van der Waals surface area contributed by atoms with Gasteiger partial charge < -0.3 is 4.74 Å². The lowest BCUT2D eigenvalue weighted by atomic mass is 10.0. The maximum absolute atomic E-state index is 6.10. The van der Waals surface area contributed by atoms with Crippen molar-refractivity contribution in [1.82, 2.24) is 0 Å². The summed E-state index contributed by atoms with van der Waals surface area (Å²) in [6, 6.07) is 12.1. The van der Waals surface area contributed by atoms with E-state index in [9.17, 15) is 0 Å². The Morgan fingerprint density at radius 1 is 1.20 bits per heavy atom. The quantitative estimate of drug-likeness (QED) is 0.530. The predicted octanol–water partition coefficient (Wildman–Crippen LogP) is 6.29. The number of halogens is 3. The Hall–Kier alpha value is -0.510. The number of hydrogen-bond donors (Lipinski definition) is 0. The van der Waals surface area contributed by atoms with Crippen LogP contribution in [0.4, 0.5) is 0 Å². The zero-order chi connectivity index (χ0) is 14.7. The van der Waals surface area contributed by atoms with Crippen LogP contribution in [0.15, 0.2) is 40.9 Å². The van der Waals surface area contributed by atoms with E-state index in [2.05, 4.69) is 50.9 Å². The van der Waals surface area contributed by atoms with Crippen LogP contribution in [0, 0.1) is 6.92 Å². The van der Waals surface area contributed by atoms with Gasteiger partial charge in [-0.1, -0.05) is 39.7 Å². The molecule has 2 rings (SSSR count). The fraction of sp³-hybridized carbons (Fsp3) is 0.250. The number of rotatable bonds is 4. The second-order valence-electron chi connectivity index (χ2n) is 4.49. The topological polar surface area (TPSA) is 9.23 Å². The molecule has 0 aliphatic carbocycles. The molecule has 0 aromatic heterocycles. The van der Waals surface area contributed by atoms with Crippen LogP contribution in [0.2, 0.25) is 5.02 Å². The highest BCUT2D eigenvalue weighted by Gasteiger charge is 2.15. The van der Waals surface area contributed by atoms with E-state index in [0.717, 1.165) is 20.8 Å². The third kappa shape index (κ3) is 3.57. The number of alkyl halides is 1. The van der Waals surface area contributed by atoms with E-state index in [1.54, 1.807) is 0 Å². The highest BCUT2D eigenvalue weighted by molar-refractivity contribution is 9.10. The van der Waals surface area contributed by atoms with Gasteiger partial charge in [0.25, 0.3) is 0 Å². The molecule has 4 heteroatoms. The van der Waals surface area contributed by atoms with Gasteiger partial charge in [-0.05, 0) is 70.7 Å². The third-order valence-corrected chi connectivity index (χ3v) is 4.94. The van der Waals surface area contributed by atoms with E-state index in [1.165, 1.54) is 11.1 Å². The van der Waals surface area contributed by atoms with Gasteiger partial charge in [-0.15, -0.1) is 0 Å². The van der Waals surface area contributed by atoms with Crippen molar-refractivity contribution >= 4 is 43.5 Å². The van der Waals surface area contributed by atoms with Crippen molar-refractivity contribution in [2.45, 2.75) is 18.7 Å². The molecule has 0 saturated heterocycles. The van der Waals surface area contributed by atoms with E-state index in [0.29, 0.717) is 6.61 Å². The third-order valence-electron chi connectivity index (χ3n) is 3.06. The minimum absolute atomic E-state index is 0.105. The maximum Gasteiger partial charge on any atom is 0.133 e. The summed E-state index contributed by atoms with van der Waals surface area (Å²) in [6.07, 6.45) is 0. The van der Waals surface area contributed by atoms with Crippen LogP contribution < -0.4 is 4.74 Å². The molecule has 0 fully saturated rings. The lowest BCUT2D eigenvalue weighted by Crippen LogP contribution is -1.98. The fourth-order valence-electron chi connectivity index (χ4n) is 2.01. The normalized spacial score (nSPS) is 12.2.